The fourth-order valence-corrected chi connectivity index (χ4v) is 8.08. The molecule has 53 heavy (non-hydrogen) atoms. The van der Waals surface area contributed by atoms with Crippen molar-refractivity contribution in [2.75, 3.05) is 0 Å². The summed E-state index contributed by atoms with van der Waals surface area (Å²) in [7, 11) is 0. The molecule has 3 aromatic rings. The highest BCUT2D eigenvalue weighted by Gasteiger charge is 2.46. The van der Waals surface area contributed by atoms with Crippen molar-refractivity contribution in [1.82, 2.24) is 9.55 Å². The number of cyclic esters (lactones) is 1. The number of ether oxygens (including phenoxy) is 4. The molecule has 5 heterocycles. The first-order valence-corrected chi connectivity index (χ1v) is 18.1. The highest BCUT2D eigenvalue weighted by atomic mass is 16.6. The summed E-state index contributed by atoms with van der Waals surface area (Å²) in [5.41, 5.74) is 3.17. The number of rotatable bonds is 8. The number of nitrogens with zero attached hydrogens (tertiary/aromatic N) is 2. The number of pyridine rings is 2. The van der Waals surface area contributed by atoms with Gasteiger partial charge in [-0.15, -0.1) is 0 Å². The Labute approximate surface area is 305 Å². The van der Waals surface area contributed by atoms with Crippen LogP contribution < -0.4 is 10.3 Å². The summed E-state index contributed by atoms with van der Waals surface area (Å²) in [6.45, 7) is 11.0. The van der Waals surface area contributed by atoms with Gasteiger partial charge in [-0.1, -0.05) is 20.8 Å². The minimum absolute atomic E-state index is 0.0491. The minimum atomic E-state index is -1.92. The normalized spacial score (nSPS) is 24.7. The molecule has 4 atom stereocenters. The average molecular weight is 729 g/mol. The van der Waals surface area contributed by atoms with E-state index in [4.69, 9.17) is 23.9 Å². The van der Waals surface area contributed by atoms with E-state index in [1.54, 1.807) is 42.7 Å². The van der Waals surface area contributed by atoms with Crippen molar-refractivity contribution in [1.29, 1.82) is 0 Å². The standard InChI is InChI=1S/C40H44N2O11/c1-7-23-25-15-22(9-10-29(25)41-33-26(23)17-42-30(33)16-28-27(36(42)45)18-50-38(48)40(28,49)8-2)51-31(43)11-12-32(44)52-34-19(3)20(4)35-24(21(34)5)13-14-39(6,53-35)37(46)47/h9-10,15-16,19,34,37,46-47,49H,7-8,11-14,17-18H2,1-6H3/t19?,34?,39-,40-/m0/s1. The number of aliphatic hydroxyl groups excluding tert-OH is 1. The molecule has 1 fully saturated rings. The zero-order valence-corrected chi connectivity index (χ0v) is 30.7. The van der Waals surface area contributed by atoms with E-state index in [9.17, 15) is 34.5 Å². The van der Waals surface area contributed by atoms with Crippen LogP contribution in [0.25, 0.3) is 22.3 Å². The van der Waals surface area contributed by atoms with Gasteiger partial charge in [-0.05, 0) is 93.0 Å². The van der Waals surface area contributed by atoms with Crippen LogP contribution in [0.5, 0.6) is 5.75 Å². The first-order valence-electron chi connectivity index (χ1n) is 18.1. The van der Waals surface area contributed by atoms with Crippen LogP contribution in [0.2, 0.25) is 0 Å². The largest absolute Gasteiger partial charge is 0.482 e. The third-order valence-corrected chi connectivity index (χ3v) is 11.6. The molecule has 0 amide bonds. The number of carbonyl (C=O) groups excluding carboxylic acids is 3. The minimum Gasteiger partial charge on any atom is -0.482 e. The van der Waals surface area contributed by atoms with Crippen LogP contribution in [0.3, 0.4) is 0 Å². The lowest BCUT2D eigenvalue weighted by molar-refractivity contribution is -0.193. The molecule has 13 nitrogen and oxygen atoms in total. The molecule has 13 heteroatoms. The quantitative estimate of drug-likeness (QED) is 0.133. The lowest BCUT2D eigenvalue weighted by Gasteiger charge is -2.43. The van der Waals surface area contributed by atoms with E-state index in [-0.39, 0.29) is 60.8 Å². The summed E-state index contributed by atoms with van der Waals surface area (Å²) in [6.07, 6.45) is -1.00. The number of hydrogen-bond donors (Lipinski definition) is 3. The number of aromatic nitrogens is 2. The number of aryl methyl sites for hydroxylation is 1. The second kappa shape index (κ2) is 13.2. The summed E-state index contributed by atoms with van der Waals surface area (Å²) in [4.78, 5) is 57.1. The molecule has 0 spiro atoms. The van der Waals surface area contributed by atoms with Gasteiger partial charge in [0.15, 0.2) is 17.5 Å². The molecule has 1 saturated heterocycles. The second-order valence-corrected chi connectivity index (χ2v) is 14.7. The maximum Gasteiger partial charge on any atom is 0.343 e. The first-order chi connectivity index (χ1) is 25.1. The Balaban J connectivity index is 1.05. The Bertz CT molecular complexity index is 2220. The van der Waals surface area contributed by atoms with E-state index in [1.807, 2.05) is 27.7 Å². The lowest BCUT2D eigenvalue weighted by atomic mass is 9.77. The third-order valence-electron chi connectivity index (χ3n) is 11.6. The molecule has 280 valence electrons. The summed E-state index contributed by atoms with van der Waals surface area (Å²) < 4.78 is 24.4. The fraction of sp³-hybridized carbons (Fsp3) is 0.475. The molecule has 0 saturated carbocycles. The molecule has 7 rings (SSSR count). The summed E-state index contributed by atoms with van der Waals surface area (Å²) in [5.74, 6) is -1.25. The van der Waals surface area contributed by atoms with Gasteiger partial charge in [0.1, 0.15) is 24.2 Å². The van der Waals surface area contributed by atoms with Gasteiger partial charge < -0.3 is 38.8 Å². The molecule has 0 bridgehead atoms. The number of fused-ring (bicyclic) bond motifs is 6. The summed E-state index contributed by atoms with van der Waals surface area (Å²) in [6, 6.07) is 6.76. The van der Waals surface area contributed by atoms with E-state index in [0.717, 1.165) is 33.2 Å². The molecule has 1 aromatic carbocycles. The van der Waals surface area contributed by atoms with Gasteiger partial charge in [0.05, 0.1) is 41.9 Å². The monoisotopic (exact) mass is 728 g/mol. The topological polar surface area (TPSA) is 184 Å². The van der Waals surface area contributed by atoms with Gasteiger partial charge >= 0.3 is 17.9 Å². The molecular formula is C40H44N2O11. The first kappa shape index (κ1) is 36.5. The van der Waals surface area contributed by atoms with E-state index in [2.05, 4.69) is 0 Å². The molecule has 1 aliphatic carbocycles. The number of esters is 3. The van der Waals surface area contributed by atoms with Crippen LogP contribution in [0, 0.1) is 5.92 Å². The van der Waals surface area contributed by atoms with Crippen LogP contribution in [-0.2, 0) is 53.8 Å². The lowest BCUT2D eigenvalue weighted by Crippen LogP contribution is -2.46. The van der Waals surface area contributed by atoms with E-state index in [1.165, 1.54) is 0 Å². The van der Waals surface area contributed by atoms with Crippen LogP contribution >= 0.6 is 0 Å². The van der Waals surface area contributed by atoms with Crippen molar-refractivity contribution in [3.8, 4) is 17.1 Å². The predicted octanol–water partition coefficient (Wildman–Crippen LogP) is 4.36. The van der Waals surface area contributed by atoms with Crippen molar-refractivity contribution in [3.05, 3.63) is 79.4 Å². The predicted molar refractivity (Wildman–Crippen MR) is 190 cm³/mol. The average Bonchev–Trinajstić information content (AvgIpc) is 3.50. The maximum absolute atomic E-state index is 13.6. The van der Waals surface area contributed by atoms with Crippen molar-refractivity contribution in [2.45, 2.75) is 117 Å². The Morgan fingerprint density at radius 2 is 1.81 bits per heavy atom. The van der Waals surface area contributed by atoms with Gasteiger partial charge in [0.2, 0.25) is 0 Å². The zero-order chi connectivity index (χ0) is 38.1. The Morgan fingerprint density at radius 3 is 2.51 bits per heavy atom. The number of benzene rings is 1. The SMILES string of the molecule is CCc1c2c(nc3ccc(OC(=O)CCC(=O)OC4C(C)=C5CC[C@@](C)(C(O)O)OC5=C(C)C4C)cc13)-c1cc3c(c(=O)n1C2)COC(=O)[C@]3(O)CC. The van der Waals surface area contributed by atoms with Crippen molar-refractivity contribution in [2.24, 2.45) is 5.92 Å². The van der Waals surface area contributed by atoms with Crippen molar-refractivity contribution >= 4 is 28.8 Å². The van der Waals surface area contributed by atoms with Gasteiger partial charge in [-0.3, -0.25) is 14.4 Å². The Kier molecular flexibility index (Phi) is 9.11. The molecule has 4 aliphatic rings. The number of allylic oxidation sites excluding steroid dienone is 1. The highest BCUT2D eigenvalue weighted by molar-refractivity contribution is 5.90. The summed E-state index contributed by atoms with van der Waals surface area (Å²) in [5, 5.41) is 31.7. The van der Waals surface area contributed by atoms with E-state index >= 15 is 0 Å². The van der Waals surface area contributed by atoms with E-state index < -0.39 is 41.5 Å². The van der Waals surface area contributed by atoms with Crippen molar-refractivity contribution in [3.63, 3.8) is 0 Å². The smallest absolute Gasteiger partial charge is 0.343 e. The van der Waals surface area contributed by atoms with Crippen molar-refractivity contribution < 1.29 is 48.7 Å². The van der Waals surface area contributed by atoms with Crippen LogP contribution in [-0.4, -0.2) is 60.8 Å². The third kappa shape index (κ3) is 5.85. The molecule has 2 unspecified atom stereocenters. The molecule has 2 aromatic heterocycles. The Hall–Kier alpha value is -4.85. The van der Waals surface area contributed by atoms with Crippen LogP contribution in [0.4, 0.5) is 0 Å². The molecule has 3 aliphatic heterocycles. The zero-order valence-electron chi connectivity index (χ0n) is 30.7. The molecular weight excluding hydrogens is 684 g/mol. The van der Waals surface area contributed by atoms with Gasteiger partial charge in [-0.25, -0.2) is 9.78 Å². The maximum atomic E-state index is 13.6. The van der Waals surface area contributed by atoms with Gasteiger partial charge in [-0.2, -0.15) is 0 Å². The number of carbonyl (C=O) groups is 3. The highest BCUT2D eigenvalue weighted by Crippen LogP contribution is 2.46. The number of aliphatic hydroxyl groups is 3. The molecule has 0 radical (unpaired) electrons. The fourth-order valence-electron chi connectivity index (χ4n) is 8.08. The summed E-state index contributed by atoms with van der Waals surface area (Å²) >= 11 is 0. The van der Waals surface area contributed by atoms with Gasteiger partial charge in [0.25, 0.3) is 5.56 Å². The second-order valence-electron chi connectivity index (χ2n) is 14.7. The Morgan fingerprint density at radius 1 is 1.08 bits per heavy atom. The van der Waals surface area contributed by atoms with Crippen LogP contribution in [0.1, 0.15) is 95.9 Å². The molecule has 3 N–H and O–H groups in total. The number of hydrogen-bond acceptors (Lipinski definition) is 12. The van der Waals surface area contributed by atoms with Gasteiger partial charge in [0, 0.05) is 22.4 Å². The van der Waals surface area contributed by atoms with E-state index in [0.29, 0.717) is 41.9 Å². The van der Waals surface area contributed by atoms with Crippen LogP contribution in [0.15, 0.2) is 51.5 Å².